The summed E-state index contributed by atoms with van der Waals surface area (Å²) >= 11 is 0. The summed E-state index contributed by atoms with van der Waals surface area (Å²) in [7, 11) is 0. The van der Waals surface area contributed by atoms with Crippen molar-refractivity contribution >= 4 is 11.9 Å². The summed E-state index contributed by atoms with van der Waals surface area (Å²) in [4.78, 5) is 36.3. The lowest BCUT2D eigenvalue weighted by Crippen LogP contribution is -2.38. The van der Waals surface area contributed by atoms with Crippen molar-refractivity contribution in [2.75, 3.05) is 12.3 Å². The Hall–Kier alpha value is -3.55. The van der Waals surface area contributed by atoms with Crippen molar-refractivity contribution in [3.8, 4) is 5.69 Å². The normalized spacial score (nSPS) is 15.3. The summed E-state index contributed by atoms with van der Waals surface area (Å²) in [6, 6.07) is 7.36. The predicted molar refractivity (Wildman–Crippen MR) is 114 cm³/mol. The number of pyridine rings is 1. The molecule has 0 saturated heterocycles. The molecule has 0 saturated carbocycles. The van der Waals surface area contributed by atoms with Crippen LogP contribution < -0.4 is 11.3 Å². The van der Waals surface area contributed by atoms with Gasteiger partial charge in [0.15, 0.2) is 0 Å². The minimum absolute atomic E-state index is 0.131. The lowest BCUT2D eigenvalue weighted by Gasteiger charge is -2.30. The van der Waals surface area contributed by atoms with E-state index in [0.717, 1.165) is 48.1 Å². The third-order valence-electron chi connectivity index (χ3n) is 6.04. The fourth-order valence-electron chi connectivity index (χ4n) is 4.45. The van der Waals surface area contributed by atoms with Crippen LogP contribution in [0.15, 0.2) is 41.3 Å². The average molecular weight is 419 g/mol. The number of nitrogens with two attached hydrogens (primary N) is 1. The second-order valence-electron chi connectivity index (χ2n) is 8.05. The van der Waals surface area contributed by atoms with Crippen LogP contribution in [0.1, 0.15) is 45.7 Å². The first-order chi connectivity index (χ1) is 15.0. The number of hydrogen-bond donors (Lipinski definition) is 1. The summed E-state index contributed by atoms with van der Waals surface area (Å²) in [6.07, 6.45) is 5.97. The fourth-order valence-corrected chi connectivity index (χ4v) is 4.45. The van der Waals surface area contributed by atoms with Gasteiger partial charge in [-0.25, -0.2) is 14.4 Å². The van der Waals surface area contributed by atoms with Crippen LogP contribution in [0.4, 0.5) is 10.3 Å². The molecule has 1 aliphatic carbocycles. The van der Waals surface area contributed by atoms with Gasteiger partial charge in [0.25, 0.3) is 11.5 Å². The summed E-state index contributed by atoms with van der Waals surface area (Å²) in [5.74, 6) is -0.386. The SMILES string of the molecule is Nc1nc2c(c(C(=O)N3CCc4cc(=O)n(-c5ccc(F)cc5)cc4C3)n1)CCCC2. The average Bonchev–Trinajstić information content (AvgIpc) is 2.78. The van der Waals surface area contributed by atoms with Gasteiger partial charge < -0.3 is 10.6 Å². The van der Waals surface area contributed by atoms with Gasteiger partial charge in [0.1, 0.15) is 11.5 Å². The fraction of sp³-hybridized carbons (Fsp3) is 0.304. The minimum atomic E-state index is -0.362. The molecule has 5 rings (SSSR count). The summed E-state index contributed by atoms with van der Waals surface area (Å²) in [5, 5.41) is 0. The number of nitrogens with zero attached hydrogens (tertiary/aromatic N) is 4. The summed E-state index contributed by atoms with van der Waals surface area (Å²) < 4.78 is 14.8. The number of anilines is 1. The quantitative estimate of drug-likeness (QED) is 0.689. The zero-order valence-electron chi connectivity index (χ0n) is 17.0. The number of carbonyl (C=O) groups is 1. The third-order valence-corrected chi connectivity index (χ3v) is 6.04. The van der Waals surface area contributed by atoms with Crippen LogP contribution in [0.25, 0.3) is 5.69 Å². The molecule has 0 atom stereocenters. The standard InChI is InChI=1S/C23H22FN5O2/c24-16-5-7-17(8-6-16)29-13-15-12-28(10-9-14(15)11-20(29)30)22(31)21-18-3-1-2-4-19(18)26-23(25)27-21/h5-8,11,13H,1-4,9-10,12H2,(H2,25,26,27). The highest BCUT2D eigenvalue weighted by Crippen LogP contribution is 2.26. The highest BCUT2D eigenvalue weighted by Gasteiger charge is 2.28. The van der Waals surface area contributed by atoms with E-state index in [1.54, 1.807) is 29.3 Å². The van der Waals surface area contributed by atoms with Crippen molar-refractivity contribution in [1.29, 1.82) is 0 Å². The Bertz CT molecular complexity index is 1240. The molecule has 7 nitrogen and oxygen atoms in total. The van der Waals surface area contributed by atoms with Gasteiger partial charge in [-0.2, -0.15) is 0 Å². The Labute approximate surface area is 178 Å². The van der Waals surface area contributed by atoms with E-state index < -0.39 is 0 Å². The molecule has 1 aromatic carbocycles. The van der Waals surface area contributed by atoms with E-state index in [4.69, 9.17) is 5.73 Å². The predicted octanol–water partition coefficient (Wildman–Crippen LogP) is 2.43. The van der Waals surface area contributed by atoms with E-state index >= 15 is 0 Å². The topological polar surface area (TPSA) is 94.1 Å². The van der Waals surface area contributed by atoms with Gasteiger partial charge in [-0.15, -0.1) is 0 Å². The molecule has 0 radical (unpaired) electrons. The van der Waals surface area contributed by atoms with Gasteiger partial charge in [-0.1, -0.05) is 0 Å². The Morgan fingerprint density at radius 2 is 1.81 bits per heavy atom. The van der Waals surface area contributed by atoms with Crippen LogP contribution in [0.5, 0.6) is 0 Å². The van der Waals surface area contributed by atoms with Crippen LogP contribution >= 0.6 is 0 Å². The van der Waals surface area contributed by atoms with Crippen LogP contribution in [0.2, 0.25) is 0 Å². The zero-order valence-corrected chi connectivity index (χ0v) is 17.0. The molecular weight excluding hydrogens is 397 g/mol. The molecule has 3 aromatic rings. The Morgan fingerprint density at radius 3 is 2.61 bits per heavy atom. The van der Waals surface area contributed by atoms with Crippen molar-refractivity contribution in [2.45, 2.75) is 38.6 Å². The van der Waals surface area contributed by atoms with Crippen LogP contribution in [-0.2, 0) is 25.8 Å². The lowest BCUT2D eigenvalue weighted by molar-refractivity contribution is 0.0726. The van der Waals surface area contributed by atoms with Gasteiger partial charge >= 0.3 is 0 Å². The first-order valence-corrected chi connectivity index (χ1v) is 10.4. The molecule has 8 heteroatoms. The van der Waals surface area contributed by atoms with Gasteiger partial charge in [-0.3, -0.25) is 14.2 Å². The minimum Gasteiger partial charge on any atom is -0.368 e. The van der Waals surface area contributed by atoms with Crippen molar-refractivity contribution in [3.63, 3.8) is 0 Å². The Kier molecular flexibility index (Phi) is 4.77. The zero-order chi connectivity index (χ0) is 21.5. The van der Waals surface area contributed by atoms with Gasteiger partial charge in [-0.05, 0) is 67.5 Å². The molecule has 2 aliphatic rings. The Morgan fingerprint density at radius 1 is 1.03 bits per heavy atom. The monoisotopic (exact) mass is 419 g/mol. The number of rotatable bonds is 2. The smallest absolute Gasteiger partial charge is 0.273 e. The molecule has 0 fully saturated rings. The van der Waals surface area contributed by atoms with Crippen molar-refractivity contribution < 1.29 is 9.18 Å². The molecule has 158 valence electrons. The largest absolute Gasteiger partial charge is 0.368 e. The number of carbonyl (C=O) groups excluding carboxylic acids is 1. The molecule has 31 heavy (non-hydrogen) atoms. The maximum Gasteiger partial charge on any atom is 0.273 e. The van der Waals surface area contributed by atoms with Crippen LogP contribution in [0, 0.1) is 5.82 Å². The van der Waals surface area contributed by atoms with Gasteiger partial charge in [0.2, 0.25) is 5.95 Å². The number of hydrogen-bond acceptors (Lipinski definition) is 5. The van der Waals surface area contributed by atoms with Crippen molar-refractivity contribution in [3.05, 3.63) is 80.8 Å². The first kappa shape index (κ1) is 19.4. The molecule has 2 aromatic heterocycles. The van der Waals surface area contributed by atoms with E-state index in [0.29, 0.717) is 30.9 Å². The molecule has 0 unspecified atom stereocenters. The molecule has 2 N–H and O–H groups in total. The third kappa shape index (κ3) is 3.58. The van der Waals surface area contributed by atoms with E-state index in [1.807, 2.05) is 0 Å². The number of benzene rings is 1. The lowest BCUT2D eigenvalue weighted by atomic mass is 9.93. The molecular formula is C23H22FN5O2. The van der Waals surface area contributed by atoms with E-state index in [2.05, 4.69) is 9.97 Å². The van der Waals surface area contributed by atoms with Crippen molar-refractivity contribution in [2.24, 2.45) is 0 Å². The molecule has 0 bridgehead atoms. The second-order valence-corrected chi connectivity index (χ2v) is 8.05. The van der Waals surface area contributed by atoms with E-state index in [-0.39, 0.29) is 23.2 Å². The number of aromatic nitrogens is 3. The highest BCUT2D eigenvalue weighted by molar-refractivity contribution is 5.94. The van der Waals surface area contributed by atoms with Crippen molar-refractivity contribution in [1.82, 2.24) is 19.4 Å². The number of halogens is 1. The maximum atomic E-state index is 13.4. The maximum absolute atomic E-state index is 13.4. The number of aryl methyl sites for hydroxylation is 1. The van der Waals surface area contributed by atoms with E-state index in [9.17, 15) is 14.0 Å². The molecule has 0 spiro atoms. The molecule has 1 aliphatic heterocycles. The Balaban J connectivity index is 1.48. The van der Waals surface area contributed by atoms with Gasteiger partial charge in [0, 0.05) is 42.3 Å². The van der Waals surface area contributed by atoms with Gasteiger partial charge in [0.05, 0.1) is 0 Å². The first-order valence-electron chi connectivity index (χ1n) is 10.4. The van der Waals surface area contributed by atoms with Crippen LogP contribution in [0.3, 0.4) is 0 Å². The number of nitrogen functional groups attached to an aromatic ring is 1. The molecule has 3 heterocycles. The summed E-state index contributed by atoms with van der Waals surface area (Å²) in [6.45, 7) is 0.874. The summed E-state index contributed by atoms with van der Waals surface area (Å²) in [5.41, 5.74) is 10.3. The van der Waals surface area contributed by atoms with E-state index in [1.165, 1.54) is 16.7 Å². The number of amides is 1. The number of fused-ring (bicyclic) bond motifs is 2. The highest BCUT2D eigenvalue weighted by atomic mass is 19.1. The second kappa shape index (κ2) is 7.61. The molecule has 1 amide bonds. The van der Waals surface area contributed by atoms with Crippen LogP contribution in [-0.4, -0.2) is 31.9 Å².